The molecule has 0 radical (unpaired) electrons. The van der Waals surface area contributed by atoms with Crippen molar-refractivity contribution in [2.24, 2.45) is 0 Å². The number of nitrogens with one attached hydrogen (secondary N) is 1. The third-order valence-corrected chi connectivity index (χ3v) is 6.62. The number of carbonyl (C=O) groups excluding carboxylic acids is 1. The standard InChI is InChI=1S/C17H26Cl2N2O3S2/c1-6-15(16(22)20-9-10-25-17(2,3)4)21(26(5,23)24)12-7-8-13(18)14(19)11-12/h7-8,11,15H,6,9-10H2,1-5H3,(H,20,22). The van der Waals surface area contributed by atoms with Crippen molar-refractivity contribution < 1.29 is 13.2 Å². The molecule has 0 saturated carbocycles. The maximum atomic E-state index is 12.6. The number of hydrogen-bond donors (Lipinski definition) is 1. The summed E-state index contributed by atoms with van der Waals surface area (Å²) in [6.07, 6.45) is 1.40. The lowest BCUT2D eigenvalue weighted by molar-refractivity contribution is -0.122. The number of thioether (sulfide) groups is 1. The van der Waals surface area contributed by atoms with Crippen LogP contribution in [0.25, 0.3) is 0 Å². The predicted molar refractivity (Wildman–Crippen MR) is 113 cm³/mol. The van der Waals surface area contributed by atoms with Crippen LogP contribution in [0, 0.1) is 0 Å². The van der Waals surface area contributed by atoms with Gasteiger partial charge in [-0.15, -0.1) is 0 Å². The average molecular weight is 441 g/mol. The molecule has 26 heavy (non-hydrogen) atoms. The van der Waals surface area contributed by atoms with E-state index in [4.69, 9.17) is 23.2 Å². The fourth-order valence-electron chi connectivity index (χ4n) is 2.33. The zero-order chi connectivity index (χ0) is 20.1. The highest BCUT2D eigenvalue weighted by Crippen LogP contribution is 2.30. The van der Waals surface area contributed by atoms with E-state index in [1.165, 1.54) is 12.1 Å². The van der Waals surface area contributed by atoms with E-state index in [2.05, 4.69) is 26.1 Å². The number of amides is 1. The van der Waals surface area contributed by atoms with Crippen molar-refractivity contribution in [3.63, 3.8) is 0 Å². The number of hydrogen-bond acceptors (Lipinski definition) is 4. The molecule has 0 spiro atoms. The van der Waals surface area contributed by atoms with Gasteiger partial charge in [-0.25, -0.2) is 8.42 Å². The van der Waals surface area contributed by atoms with Gasteiger partial charge in [0.15, 0.2) is 0 Å². The maximum Gasteiger partial charge on any atom is 0.243 e. The van der Waals surface area contributed by atoms with E-state index < -0.39 is 16.1 Å². The SMILES string of the molecule is CCC(C(=O)NCCSC(C)(C)C)N(c1ccc(Cl)c(Cl)c1)S(C)(=O)=O. The van der Waals surface area contributed by atoms with Crippen LogP contribution in [0.1, 0.15) is 34.1 Å². The molecule has 1 amide bonds. The van der Waals surface area contributed by atoms with E-state index in [0.29, 0.717) is 23.7 Å². The van der Waals surface area contributed by atoms with Gasteiger partial charge in [-0.3, -0.25) is 9.10 Å². The van der Waals surface area contributed by atoms with Crippen molar-refractivity contribution in [2.45, 2.75) is 44.9 Å². The normalized spacial score (nSPS) is 13.3. The van der Waals surface area contributed by atoms with E-state index in [1.54, 1.807) is 24.8 Å². The van der Waals surface area contributed by atoms with E-state index in [9.17, 15) is 13.2 Å². The zero-order valence-corrected chi connectivity index (χ0v) is 18.8. The Labute approximate surface area is 170 Å². The summed E-state index contributed by atoms with van der Waals surface area (Å²) in [4.78, 5) is 12.6. The Bertz CT molecular complexity index is 734. The molecular weight excluding hydrogens is 415 g/mol. The Hall–Kier alpha value is -0.630. The third kappa shape index (κ3) is 7.18. The lowest BCUT2D eigenvalue weighted by atomic mass is 10.2. The zero-order valence-electron chi connectivity index (χ0n) is 15.7. The summed E-state index contributed by atoms with van der Waals surface area (Å²) in [5.74, 6) is 0.413. The maximum absolute atomic E-state index is 12.6. The highest BCUT2D eigenvalue weighted by Gasteiger charge is 2.31. The quantitative estimate of drug-likeness (QED) is 0.615. The van der Waals surface area contributed by atoms with Crippen LogP contribution in [0.15, 0.2) is 18.2 Å². The van der Waals surface area contributed by atoms with Crippen molar-refractivity contribution >= 4 is 56.6 Å². The Morgan fingerprint density at radius 2 is 1.88 bits per heavy atom. The van der Waals surface area contributed by atoms with Gasteiger partial charge in [0, 0.05) is 17.0 Å². The molecular formula is C17H26Cl2N2O3S2. The minimum atomic E-state index is -3.69. The van der Waals surface area contributed by atoms with Crippen LogP contribution < -0.4 is 9.62 Å². The first kappa shape index (κ1) is 23.4. The van der Waals surface area contributed by atoms with Gasteiger partial charge in [0.1, 0.15) is 6.04 Å². The number of anilines is 1. The molecule has 0 saturated heterocycles. The molecule has 148 valence electrons. The molecule has 0 aliphatic carbocycles. The lowest BCUT2D eigenvalue weighted by Crippen LogP contribution is -2.49. The van der Waals surface area contributed by atoms with Crippen LogP contribution in [0.3, 0.4) is 0 Å². The van der Waals surface area contributed by atoms with Crippen LogP contribution >= 0.6 is 35.0 Å². The molecule has 9 heteroatoms. The Morgan fingerprint density at radius 3 is 2.35 bits per heavy atom. The van der Waals surface area contributed by atoms with Crippen molar-refractivity contribution in [1.82, 2.24) is 5.32 Å². The highest BCUT2D eigenvalue weighted by atomic mass is 35.5. The molecule has 1 atom stereocenters. The van der Waals surface area contributed by atoms with E-state index in [-0.39, 0.29) is 15.7 Å². The van der Waals surface area contributed by atoms with Gasteiger partial charge in [-0.05, 0) is 24.6 Å². The molecule has 5 nitrogen and oxygen atoms in total. The van der Waals surface area contributed by atoms with Gasteiger partial charge in [0.2, 0.25) is 15.9 Å². The van der Waals surface area contributed by atoms with Crippen LogP contribution in [0.4, 0.5) is 5.69 Å². The summed E-state index contributed by atoms with van der Waals surface area (Å²) in [6.45, 7) is 8.54. The first-order valence-electron chi connectivity index (χ1n) is 8.23. The predicted octanol–water partition coefficient (Wildman–Crippen LogP) is 4.19. The number of carbonyl (C=O) groups is 1. The number of benzene rings is 1. The van der Waals surface area contributed by atoms with Gasteiger partial charge in [0.05, 0.1) is 22.0 Å². The van der Waals surface area contributed by atoms with Crippen molar-refractivity contribution in [3.05, 3.63) is 28.2 Å². The molecule has 0 aromatic heterocycles. The van der Waals surface area contributed by atoms with Crippen LogP contribution in [0.2, 0.25) is 10.0 Å². The summed E-state index contributed by atoms with van der Waals surface area (Å²) >= 11 is 13.7. The van der Waals surface area contributed by atoms with Gasteiger partial charge >= 0.3 is 0 Å². The summed E-state index contributed by atoms with van der Waals surface area (Å²) < 4.78 is 25.9. The van der Waals surface area contributed by atoms with Crippen molar-refractivity contribution in [3.8, 4) is 0 Å². The fraction of sp³-hybridized carbons (Fsp3) is 0.588. The number of halogens is 2. The van der Waals surface area contributed by atoms with Crippen LogP contribution in [0.5, 0.6) is 0 Å². The molecule has 0 bridgehead atoms. The first-order valence-corrected chi connectivity index (χ1v) is 11.8. The van der Waals surface area contributed by atoms with E-state index in [1.807, 2.05) is 0 Å². The molecule has 1 aromatic carbocycles. The second-order valence-electron chi connectivity index (χ2n) is 6.83. The molecule has 0 aliphatic rings. The Kier molecular flexibility index (Phi) is 8.58. The van der Waals surface area contributed by atoms with Gasteiger partial charge in [0.25, 0.3) is 0 Å². The molecule has 1 rings (SSSR count). The number of rotatable bonds is 8. The lowest BCUT2D eigenvalue weighted by Gasteiger charge is -2.30. The summed E-state index contributed by atoms with van der Waals surface area (Å²) in [7, 11) is -3.69. The fourth-order valence-corrected chi connectivity index (χ4v) is 4.64. The molecule has 1 unspecified atom stereocenters. The first-order chi connectivity index (χ1) is 11.9. The summed E-state index contributed by atoms with van der Waals surface area (Å²) in [5.41, 5.74) is 0.313. The van der Waals surface area contributed by atoms with Gasteiger partial charge in [-0.1, -0.05) is 50.9 Å². The number of nitrogens with zero attached hydrogens (tertiary/aromatic N) is 1. The minimum absolute atomic E-state index is 0.105. The minimum Gasteiger partial charge on any atom is -0.353 e. The topological polar surface area (TPSA) is 66.5 Å². The van der Waals surface area contributed by atoms with Crippen LogP contribution in [-0.2, 0) is 14.8 Å². The second-order valence-corrected chi connectivity index (χ2v) is 11.4. The summed E-state index contributed by atoms with van der Waals surface area (Å²) in [5, 5.41) is 3.38. The largest absolute Gasteiger partial charge is 0.353 e. The molecule has 0 heterocycles. The van der Waals surface area contributed by atoms with E-state index >= 15 is 0 Å². The monoisotopic (exact) mass is 440 g/mol. The highest BCUT2D eigenvalue weighted by molar-refractivity contribution is 8.00. The Balaban J connectivity index is 2.99. The average Bonchev–Trinajstić information content (AvgIpc) is 2.49. The molecule has 1 aromatic rings. The smallest absolute Gasteiger partial charge is 0.243 e. The van der Waals surface area contributed by atoms with Crippen molar-refractivity contribution in [1.29, 1.82) is 0 Å². The summed E-state index contributed by atoms with van der Waals surface area (Å²) in [6, 6.07) is 3.65. The molecule has 1 N–H and O–H groups in total. The van der Waals surface area contributed by atoms with Crippen molar-refractivity contribution in [2.75, 3.05) is 22.9 Å². The Morgan fingerprint density at radius 1 is 1.27 bits per heavy atom. The molecule has 0 fully saturated rings. The van der Waals surface area contributed by atoms with Crippen LogP contribution in [-0.4, -0.2) is 43.7 Å². The van der Waals surface area contributed by atoms with E-state index in [0.717, 1.165) is 16.3 Å². The second kappa shape index (κ2) is 9.53. The molecule has 0 aliphatic heterocycles. The van der Waals surface area contributed by atoms with Gasteiger partial charge in [-0.2, -0.15) is 11.8 Å². The number of sulfonamides is 1. The third-order valence-electron chi connectivity index (χ3n) is 3.42. The van der Waals surface area contributed by atoms with Gasteiger partial charge < -0.3 is 5.32 Å².